The second-order valence-corrected chi connectivity index (χ2v) is 2.86. The predicted molar refractivity (Wildman–Crippen MR) is 41.1 cm³/mol. The lowest BCUT2D eigenvalue weighted by atomic mass is 10.0. The fourth-order valence-corrected chi connectivity index (χ4v) is 1.17. The number of nitrogens with zero attached hydrogens (tertiary/aromatic N) is 1. The maximum Gasteiger partial charge on any atom is 0.417 e. The second kappa shape index (κ2) is 4.22. The summed E-state index contributed by atoms with van der Waals surface area (Å²) in [4.78, 5) is 13.0. The monoisotopic (exact) mass is 259 g/mol. The van der Waals surface area contributed by atoms with Crippen LogP contribution in [0, 0.1) is 5.95 Å². The molecule has 0 saturated carbocycles. The van der Waals surface area contributed by atoms with Gasteiger partial charge < -0.3 is 5.11 Å². The Morgan fingerprint density at radius 1 is 1.35 bits per heavy atom. The number of alkyl halides is 5. The third-order valence-electron chi connectivity index (χ3n) is 1.79. The molecule has 0 saturated heterocycles. The third-order valence-corrected chi connectivity index (χ3v) is 1.79. The number of carboxylic acids is 1. The third kappa shape index (κ3) is 2.48. The Hall–Kier alpha value is -1.80. The minimum atomic E-state index is -5.41. The topological polar surface area (TPSA) is 50.2 Å². The minimum Gasteiger partial charge on any atom is -0.478 e. The molecule has 0 amide bonds. The van der Waals surface area contributed by atoms with E-state index in [0.29, 0.717) is 0 Å². The molecule has 94 valence electrons. The molecule has 0 aliphatic rings. The Labute approximate surface area is 89.7 Å². The average Bonchev–Trinajstić information content (AvgIpc) is 2.14. The van der Waals surface area contributed by atoms with Gasteiger partial charge in [-0.1, -0.05) is 0 Å². The number of rotatable bonds is 2. The molecule has 1 rings (SSSR count). The van der Waals surface area contributed by atoms with Crippen LogP contribution in [0.5, 0.6) is 0 Å². The number of pyridine rings is 1. The van der Waals surface area contributed by atoms with Crippen LogP contribution in [0.2, 0.25) is 0 Å². The van der Waals surface area contributed by atoms with Crippen LogP contribution < -0.4 is 0 Å². The summed E-state index contributed by atoms with van der Waals surface area (Å²) in [7, 11) is 0. The van der Waals surface area contributed by atoms with Crippen LogP contribution in [-0.2, 0) is 6.18 Å². The largest absolute Gasteiger partial charge is 0.478 e. The maximum atomic E-state index is 12.8. The van der Waals surface area contributed by atoms with E-state index in [4.69, 9.17) is 5.11 Å². The quantitative estimate of drug-likeness (QED) is 0.656. The van der Waals surface area contributed by atoms with Crippen LogP contribution in [0.3, 0.4) is 0 Å². The highest BCUT2D eigenvalue weighted by Crippen LogP contribution is 2.38. The number of aromatic nitrogens is 1. The van der Waals surface area contributed by atoms with Crippen LogP contribution in [0.25, 0.3) is 0 Å². The van der Waals surface area contributed by atoms with Crippen molar-refractivity contribution in [2.24, 2.45) is 0 Å². The Balaban J connectivity index is 3.68. The summed E-state index contributed by atoms with van der Waals surface area (Å²) < 4.78 is 74.6. The van der Waals surface area contributed by atoms with Crippen molar-refractivity contribution in [3.05, 3.63) is 28.8 Å². The summed E-state index contributed by atoms with van der Waals surface area (Å²) in [6.07, 6.45) is -9.06. The van der Waals surface area contributed by atoms with Gasteiger partial charge in [-0.3, -0.25) is 0 Å². The zero-order valence-electron chi connectivity index (χ0n) is 7.73. The van der Waals surface area contributed by atoms with E-state index in [1.807, 2.05) is 0 Å². The number of hydrogen-bond donors (Lipinski definition) is 1. The Bertz CT molecular complexity index is 456. The van der Waals surface area contributed by atoms with Gasteiger partial charge in [-0.25, -0.2) is 18.6 Å². The van der Waals surface area contributed by atoms with Gasteiger partial charge in [-0.2, -0.15) is 17.6 Å². The Morgan fingerprint density at radius 2 is 1.88 bits per heavy atom. The van der Waals surface area contributed by atoms with Crippen molar-refractivity contribution in [1.29, 1.82) is 0 Å². The van der Waals surface area contributed by atoms with Gasteiger partial charge in [0, 0.05) is 11.8 Å². The zero-order chi connectivity index (χ0) is 13.4. The molecule has 0 bridgehead atoms. The summed E-state index contributed by atoms with van der Waals surface area (Å²) in [5.41, 5.74) is -5.79. The first-order valence-corrected chi connectivity index (χ1v) is 3.93. The van der Waals surface area contributed by atoms with Crippen molar-refractivity contribution in [2.75, 3.05) is 0 Å². The molecular formula is C8H3F6NO2. The first-order chi connectivity index (χ1) is 7.66. The number of halogens is 6. The first-order valence-electron chi connectivity index (χ1n) is 3.93. The Kier molecular flexibility index (Phi) is 3.30. The average molecular weight is 259 g/mol. The van der Waals surface area contributed by atoms with Gasteiger partial charge in [0.15, 0.2) is 0 Å². The summed E-state index contributed by atoms with van der Waals surface area (Å²) in [5.74, 6) is -4.28. The van der Waals surface area contributed by atoms with Crippen molar-refractivity contribution >= 4 is 5.97 Å². The van der Waals surface area contributed by atoms with Crippen LogP contribution in [0.4, 0.5) is 26.3 Å². The van der Waals surface area contributed by atoms with E-state index in [-0.39, 0.29) is 6.20 Å². The lowest BCUT2D eigenvalue weighted by molar-refractivity contribution is -0.140. The zero-order valence-corrected chi connectivity index (χ0v) is 7.73. The molecule has 0 atom stereocenters. The van der Waals surface area contributed by atoms with Gasteiger partial charge in [0.25, 0.3) is 6.43 Å². The standard InChI is InChI=1S/C8H3F6NO2/c9-5(10)2-1-15-6(11)3(7(16)17)4(2)8(12,13)14/h1,5H,(H,16,17). The van der Waals surface area contributed by atoms with E-state index in [2.05, 4.69) is 4.98 Å². The van der Waals surface area contributed by atoms with Gasteiger partial charge in [0.05, 0.1) is 5.56 Å². The second-order valence-electron chi connectivity index (χ2n) is 2.86. The molecule has 17 heavy (non-hydrogen) atoms. The minimum absolute atomic E-state index is 0.0325. The van der Waals surface area contributed by atoms with Crippen molar-refractivity contribution < 1.29 is 36.2 Å². The fraction of sp³-hybridized carbons (Fsp3) is 0.250. The molecule has 9 heteroatoms. The van der Waals surface area contributed by atoms with Crippen LogP contribution >= 0.6 is 0 Å². The maximum absolute atomic E-state index is 12.8. The first kappa shape index (κ1) is 13.3. The molecular weight excluding hydrogens is 256 g/mol. The molecule has 0 aromatic carbocycles. The van der Waals surface area contributed by atoms with Gasteiger partial charge in [-0.05, 0) is 0 Å². The molecule has 3 nitrogen and oxygen atoms in total. The molecule has 1 aromatic rings. The highest BCUT2D eigenvalue weighted by molar-refractivity contribution is 5.90. The SMILES string of the molecule is O=C(O)c1c(F)ncc(C(F)F)c1C(F)(F)F. The molecule has 0 spiro atoms. The van der Waals surface area contributed by atoms with E-state index < -0.39 is 41.2 Å². The van der Waals surface area contributed by atoms with E-state index in [9.17, 15) is 31.1 Å². The number of hydrogen-bond acceptors (Lipinski definition) is 2. The molecule has 0 fully saturated rings. The van der Waals surface area contributed by atoms with Gasteiger partial charge in [0.2, 0.25) is 5.95 Å². The molecule has 1 N–H and O–H groups in total. The summed E-state index contributed by atoms with van der Waals surface area (Å²) >= 11 is 0. The van der Waals surface area contributed by atoms with Gasteiger partial charge in [0.1, 0.15) is 5.56 Å². The fourth-order valence-electron chi connectivity index (χ4n) is 1.17. The molecule has 0 aliphatic carbocycles. The van der Waals surface area contributed by atoms with Gasteiger partial charge >= 0.3 is 12.1 Å². The summed E-state index contributed by atoms with van der Waals surface area (Å²) in [6, 6.07) is 0. The molecule has 0 radical (unpaired) electrons. The lowest BCUT2D eigenvalue weighted by Crippen LogP contribution is -2.19. The lowest BCUT2D eigenvalue weighted by Gasteiger charge is -2.14. The molecule has 0 aliphatic heterocycles. The number of carboxylic acid groups (broad SMARTS) is 1. The Morgan fingerprint density at radius 3 is 2.24 bits per heavy atom. The van der Waals surface area contributed by atoms with Crippen LogP contribution in [-0.4, -0.2) is 16.1 Å². The van der Waals surface area contributed by atoms with Crippen molar-refractivity contribution in [1.82, 2.24) is 4.98 Å². The van der Waals surface area contributed by atoms with Crippen molar-refractivity contribution in [2.45, 2.75) is 12.6 Å². The molecule has 0 unspecified atom stereocenters. The van der Waals surface area contributed by atoms with E-state index >= 15 is 0 Å². The van der Waals surface area contributed by atoms with E-state index in [1.54, 1.807) is 0 Å². The highest BCUT2D eigenvalue weighted by Gasteiger charge is 2.42. The van der Waals surface area contributed by atoms with Crippen molar-refractivity contribution in [3.63, 3.8) is 0 Å². The van der Waals surface area contributed by atoms with E-state index in [0.717, 1.165) is 0 Å². The molecule has 1 heterocycles. The number of aromatic carboxylic acids is 1. The number of carbonyl (C=O) groups is 1. The summed E-state index contributed by atoms with van der Waals surface area (Å²) in [6.45, 7) is 0. The normalized spacial score (nSPS) is 11.9. The van der Waals surface area contributed by atoms with Crippen LogP contribution in [0.15, 0.2) is 6.20 Å². The predicted octanol–water partition coefficient (Wildman–Crippen LogP) is 2.88. The molecule has 1 aromatic heterocycles. The van der Waals surface area contributed by atoms with Crippen LogP contribution in [0.1, 0.15) is 27.9 Å². The highest BCUT2D eigenvalue weighted by atomic mass is 19.4. The summed E-state index contributed by atoms with van der Waals surface area (Å²) in [5, 5.41) is 8.39. The van der Waals surface area contributed by atoms with E-state index in [1.165, 1.54) is 0 Å². The van der Waals surface area contributed by atoms with Gasteiger partial charge in [-0.15, -0.1) is 0 Å². The van der Waals surface area contributed by atoms with Crippen molar-refractivity contribution in [3.8, 4) is 0 Å². The smallest absolute Gasteiger partial charge is 0.417 e.